The van der Waals surface area contributed by atoms with Gasteiger partial charge in [-0.15, -0.1) is 0 Å². The fourth-order valence-corrected chi connectivity index (χ4v) is 2.25. The average Bonchev–Trinajstić information content (AvgIpc) is 2.74. The highest BCUT2D eigenvalue weighted by Gasteiger charge is 2.13. The third-order valence-corrected chi connectivity index (χ3v) is 3.60. The lowest BCUT2D eigenvalue weighted by Gasteiger charge is -2.15. The molecule has 0 radical (unpaired) electrons. The molecule has 1 aromatic rings. The van der Waals surface area contributed by atoms with Crippen molar-refractivity contribution in [3.8, 4) is 0 Å². The first kappa shape index (κ1) is 15.8. The molecule has 1 heterocycles. The van der Waals surface area contributed by atoms with E-state index in [1.807, 2.05) is 24.3 Å². The number of hydrogen-bond donors (Lipinski definition) is 3. The van der Waals surface area contributed by atoms with Crippen LogP contribution in [0, 0.1) is 5.92 Å². The van der Waals surface area contributed by atoms with E-state index in [4.69, 9.17) is 4.74 Å². The summed E-state index contributed by atoms with van der Waals surface area (Å²) in [6.45, 7) is 8.11. The van der Waals surface area contributed by atoms with Gasteiger partial charge in [-0.05, 0) is 23.6 Å². The summed E-state index contributed by atoms with van der Waals surface area (Å²) < 4.78 is 5.46. The lowest BCUT2D eigenvalue weighted by atomic mass is 10.0. The molecule has 0 aromatic heterocycles. The molecule has 1 atom stereocenters. The SMILES string of the molecule is CC(C)c1ccc(NC(=O)NCC2CNCCOC2)cc1. The number of carbonyl (C=O) groups excluding carboxylic acids is 1. The fraction of sp³-hybridized carbons (Fsp3) is 0.562. The maximum Gasteiger partial charge on any atom is 0.319 e. The number of carbonyl (C=O) groups is 1. The molecule has 0 bridgehead atoms. The zero-order valence-corrected chi connectivity index (χ0v) is 12.8. The highest BCUT2D eigenvalue weighted by molar-refractivity contribution is 5.89. The molecule has 1 aromatic carbocycles. The van der Waals surface area contributed by atoms with E-state index in [0.717, 1.165) is 25.4 Å². The molecule has 5 heteroatoms. The number of urea groups is 1. The third-order valence-electron chi connectivity index (χ3n) is 3.60. The summed E-state index contributed by atoms with van der Waals surface area (Å²) in [7, 11) is 0. The minimum atomic E-state index is -0.170. The van der Waals surface area contributed by atoms with E-state index >= 15 is 0 Å². The number of amides is 2. The van der Waals surface area contributed by atoms with Gasteiger partial charge in [0.15, 0.2) is 0 Å². The lowest BCUT2D eigenvalue weighted by Crippen LogP contribution is -2.37. The van der Waals surface area contributed by atoms with Crippen LogP contribution in [0.2, 0.25) is 0 Å². The molecule has 116 valence electrons. The van der Waals surface area contributed by atoms with Crippen molar-refractivity contribution in [2.45, 2.75) is 19.8 Å². The van der Waals surface area contributed by atoms with Crippen molar-refractivity contribution in [3.05, 3.63) is 29.8 Å². The molecule has 3 N–H and O–H groups in total. The first-order valence-corrected chi connectivity index (χ1v) is 7.58. The van der Waals surface area contributed by atoms with Gasteiger partial charge in [0, 0.05) is 31.2 Å². The summed E-state index contributed by atoms with van der Waals surface area (Å²) in [6, 6.07) is 7.79. The summed E-state index contributed by atoms with van der Waals surface area (Å²) in [4.78, 5) is 11.9. The van der Waals surface area contributed by atoms with Crippen LogP contribution in [-0.2, 0) is 4.74 Å². The fourth-order valence-electron chi connectivity index (χ4n) is 2.25. The van der Waals surface area contributed by atoms with Gasteiger partial charge < -0.3 is 20.7 Å². The zero-order chi connectivity index (χ0) is 15.1. The summed E-state index contributed by atoms with van der Waals surface area (Å²) in [5, 5.41) is 9.04. The van der Waals surface area contributed by atoms with E-state index in [1.54, 1.807) is 0 Å². The third kappa shape index (κ3) is 5.36. The Labute approximate surface area is 126 Å². The summed E-state index contributed by atoms with van der Waals surface area (Å²) in [6.07, 6.45) is 0. The average molecular weight is 291 g/mol. The Balaban J connectivity index is 1.75. The molecule has 1 aliphatic heterocycles. The zero-order valence-electron chi connectivity index (χ0n) is 12.8. The second-order valence-electron chi connectivity index (χ2n) is 5.76. The van der Waals surface area contributed by atoms with E-state index in [2.05, 4.69) is 29.8 Å². The lowest BCUT2D eigenvalue weighted by molar-refractivity contribution is 0.123. The minimum Gasteiger partial charge on any atom is -0.380 e. The molecule has 0 spiro atoms. The van der Waals surface area contributed by atoms with Crippen molar-refractivity contribution in [3.63, 3.8) is 0 Å². The minimum absolute atomic E-state index is 0.170. The van der Waals surface area contributed by atoms with Crippen LogP contribution in [-0.4, -0.2) is 38.9 Å². The summed E-state index contributed by atoms with van der Waals surface area (Å²) >= 11 is 0. The van der Waals surface area contributed by atoms with Gasteiger partial charge in [-0.2, -0.15) is 0 Å². The number of rotatable bonds is 4. The number of anilines is 1. The quantitative estimate of drug-likeness (QED) is 0.796. The Bertz CT molecular complexity index is 437. The van der Waals surface area contributed by atoms with Gasteiger partial charge in [0.05, 0.1) is 13.2 Å². The van der Waals surface area contributed by atoms with Gasteiger partial charge in [0.1, 0.15) is 0 Å². The molecule has 1 saturated heterocycles. The Morgan fingerprint density at radius 1 is 1.38 bits per heavy atom. The number of ether oxygens (including phenoxy) is 1. The van der Waals surface area contributed by atoms with Crippen LogP contribution in [0.3, 0.4) is 0 Å². The van der Waals surface area contributed by atoms with Crippen molar-refractivity contribution < 1.29 is 9.53 Å². The predicted molar refractivity (Wildman–Crippen MR) is 84.7 cm³/mol. The molecule has 1 fully saturated rings. The summed E-state index contributed by atoms with van der Waals surface area (Å²) in [5.74, 6) is 0.817. The van der Waals surface area contributed by atoms with Crippen LogP contribution in [0.1, 0.15) is 25.3 Å². The van der Waals surface area contributed by atoms with Crippen LogP contribution >= 0.6 is 0 Å². The van der Waals surface area contributed by atoms with Crippen molar-refractivity contribution in [1.29, 1.82) is 0 Å². The molecule has 2 rings (SSSR count). The first-order valence-electron chi connectivity index (χ1n) is 7.58. The second kappa shape index (κ2) is 8.00. The normalized spacial score (nSPS) is 19.1. The molecule has 0 saturated carbocycles. The molecule has 2 amide bonds. The van der Waals surface area contributed by atoms with Gasteiger partial charge in [-0.3, -0.25) is 0 Å². The van der Waals surface area contributed by atoms with Crippen molar-refractivity contribution in [2.75, 3.05) is 38.2 Å². The molecule has 5 nitrogen and oxygen atoms in total. The topological polar surface area (TPSA) is 62.4 Å². The van der Waals surface area contributed by atoms with Gasteiger partial charge in [-0.1, -0.05) is 26.0 Å². The molecule has 0 aliphatic carbocycles. The van der Waals surface area contributed by atoms with E-state index < -0.39 is 0 Å². The van der Waals surface area contributed by atoms with Crippen LogP contribution in [0.4, 0.5) is 10.5 Å². The molecule has 1 aliphatic rings. The van der Waals surface area contributed by atoms with Crippen LogP contribution < -0.4 is 16.0 Å². The van der Waals surface area contributed by atoms with Gasteiger partial charge in [0.25, 0.3) is 0 Å². The Hall–Kier alpha value is -1.59. The van der Waals surface area contributed by atoms with Gasteiger partial charge in [-0.25, -0.2) is 4.79 Å². The van der Waals surface area contributed by atoms with E-state index in [1.165, 1.54) is 5.56 Å². The Morgan fingerprint density at radius 3 is 2.86 bits per heavy atom. The van der Waals surface area contributed by atoms with E-state index in [9.17, 15) is 4.79 Å². The van der Waals surface area contributed by atoms with Crippen LogP contribution in [0.5, 0.6) is 0 Å². The van der Waals surface area contributed by atoms with Crippen LogP contribution in [0.15, 0.2) is 24.3 Å². The highest BCUT2D eigenvalue weighted by Crippen LogP contribution is 2.16. The van der Waals surface area contributed by atoms with Gasteiger partial charge >= 0.3 is 6.03 Å². The molecule has 1 unspecified atom stereocenters. The molecular formula is C16H25N3O2. The second-order valence-corrected chi connectivity index (χ2v) is 5.76. The van der Waals surface area contributed by atoms with Gasteiger partial charge in [0.2, 0.25) is 0 Å². The van der Waals surface area contributed by atoms with Crippen molar-refractivity contribution >= 4 is 11.7 Å². The standard InChI is InChI=1S/C16H25N3O2/c1-12(2)14-3-5-15(6-4-14)19-16(20)18-10-13-9-17-7-8-21-11-13/h3-6,12-13,17H,7-11H2,1-2H3,(H2,18,19,20). The number of nitrogens with one attached hydrogen (secondary N) is 3. The Kier molecular flexibility index (Phi) is 6.02. The highest BCUT2D eigenvalue weighted by atomic mass is 16.5. The smallest absolute Gasteiger partial charge is 0.319 e. The van der Waals surface area contributed by atoms with Crippen molar-refractivity contribution in [1.82, 2.24) is 10.6 Å². The maximum absolute atomic E-state index is 11.9. The van der Waals surface area contributed by atoms with E-state index in [0.29, 0.717) is 25.0 Å². The molecule has 21 heavy (non-hydrogen) atoms. The maximum atomic E-state index is 11.9. The number of benzene rings is 1. The van der Waals surface area contributed by atoms with Crippen molar-refractivity contribution in [2.24, 2.45) is 5.92 Å². The largest absolute Gasteiger partial charge is 0.380 e. The van der Waals surface area contributed by atoms with Crippen LogP contribution in [0.25, 0.3) is 0 Å². The predicted octanol–water partition coefficient (Wildman–Crippen LogP) is 2.17. The first-order chi connectivity index (χ1) is 10.1. The molecular weight excluding hydrogens is 266 g/mol. The number of hydrogen-bond acceptors (Lipinski definition) is 3. The summed E-state index contributed by atoms with van der Waals surface area (Å²) in [5.41, 5.74) is 2.08. The monoisotopic (exact) mass is 291 g/mol. The van der Waals surface area contributed by atoms with E-state index in [-0.39, 0.29) is 6.03 Å². The Morgan fingerprint density at radius 2 is 2.14 bits per heavy atom.